The van der Waals surface area contributed by atoms with Crippen molar-refractivity contribution < 1.29 is 18.7 Å². The molecule has 0 unspecified atom stereocenters. The molecule has 0 aliphatic carbocycles. The standard InChI is InChI=1S/C21H21FN4O3S/c1-29-17-11-9-16(10-12-17)24-20(28)21-26-25-19(30-21)4-2-3-18(27)23-13-14-5-7-15(22)8-6-14/h5-12H,2-4,13H2,1H3,(H,23,27)(H,24,28). The fourth-order valence-corrected chi connectivity index (χ4v) is 3.37. The number of nitrogens with one attached hydrogen (secondary N) is 2. The van der Waals surface area contributed by atoms with Gasteiger partial charge < -0.3 is 15.4 Å². The third kappa shape index (κ3) is 6.35. The average Bonchev–Trinajstić information content (AvgIpc) is 3.23. The van der Waals surface area contributed by atoms with Crippen LogP contribution in [-0.2, 0) is 17.8 Å². The van der Waals surface area contributed by atoms with Crippen LogP contribution in [0.1, 0.15) is 33.2 Å². The molecule has 2 amide bonds. The number of aromatic nitrogens is 2. The molecule has 0 saturated heterocycles. The van der Waals surface area contributed by atoms with Crippen molar-refractivity contribution in [3.8, 4) is 5.75 Å². The van der Waals surface area contributed by atoms with Crippen LogP contribution in [0.25, 0.3) is 0 Å². The number of anilines is 1. The van der Waals surface area contributed by atoms with Crippen LogP contribution in [0.15, 0.2) is 48.5 Å². The van der Waals surface area contributed by atoms with E-state index in [1.807, 2.05) is 0 Å². The molecule has 0 aliphatic heterocycles. The number of carbonyl (C=O) groups excluding carboxylic acids is 2. The van der Waals surface area contributed by atoms with Crippen molar-refractivity contribution in [3.63, 3.8) is 0 Å². The lowest BCUT2D eigenvalue weighted by molar-refractivity contribution is -0.121. The number of methoxy groups -OCH3 is 1. The van der Waals surface area contributed by atoms with Crippen LogP contribution in [0.2, 0.25) is 0 Å². The van der Waals surface area contributed by atoms with E-state index >= 15 is 0 Å². The summed E-state index contributed by atoms with van der Waals surface area (Å²) in [5.74, 6) is -0.0330. The van der Waals surface area contributed by atoms with Crippen molar-refractivity contribution in [3.05, 3.63) is 69.9 Å². The van der Waals surface area contributed by atoms with Gasteiger partial charge in [0.25, 0.3) is 5.91 Å². The first-order chi connectivity index (χ1) is 14.5. The molecule has 1 aromatic heterocycles. The minimum absolute atomic E-state index is 0.0960. The van der Waals surface area contributed by atoms with Crippen LogP contribution >= 0.6 is 11.3 Å². The van der Waals surface area contributed by atoms with Crippen molar-refractivity contribution in [2.75, 3.05) is 12.4 Å². The second-order valence-electron chi connectivity index (χ2n) is 6.44. The molecule has 2 aromatic carbocycles. The maximum Gasteiger partial charge on any atom is 0.286 e. The van der Waals surface area contributed by atoms with E-state index in [1.165, 1.54) is 23.5 Å². The highest BCUT2D eigenvalue weighted by molar-refractivity contribution is 7.13. The van der Waals surface area contributed by atoms with Crippen molar-refractivity contribution in [2.45, 2.75) is 25.8 Å². The maximum atomic E-state index is 12.9. The molecule has 9 heteroatoms. The lowest BCUT2D eigenvalue weighted by atomic mass is 10.2. The van der Waals surface area contributed by atoms with Gasteiger partial charge in [-0.2, -0.15) is 0 Å². The van der Waals surface area contributed by atoms with E-state index in [1.54, 1.807) is 43.5 Å². The molecular formula is C21H21FN4O3S. The van der Waals surface area contributed by atoms with Crippen molar-refractivity contribution in [2.24, 2.45) is 0 Å². The minimum atomic E-state index is -0.332. The zero-order valence-electron chi connectivity index (χ0n) is 16.4. The summed E-state index contributed by atoms with van der Waals surface area (Å²) in [6.45, 7) is 0.355. The molecule has 0 fully saturated rings. The van der Waals surface area contributed by atoms with Gasteiger partial charge in [0.05, 0.1) is 7.11 Å². The molecule has 0 aliphatic rings. The summed E-state index contributed by atoms with van der Waals surface area (Å²) in [5, 5.41) is 14.5. The number of halogens is 1. The molecule has 3 rings (SSSR count). The Balaban J connectivity index is 1.40. The Labute approximate surface area is 177 Å². The van der Waals surface area contributed by atoms with Crippen LogP contribution < -0.4 is 15.4 Å². The van der Waals surface area contributed by atoms with E-state index < -0.39 is 0 Å². The van der Waals surface area contributed by atoms with Crippen LogP contribution in [0, 0.1) is 5.82 Å². The predicted molar refractivity (Wildman–Crippen MR) is 112 cm³/mol. The van der Waals surface area contributed by atoms with E-state index in [4.69, 9.17) is 4.74 Å². The lowest BCUT2D eigenvalue weighted by Gasteiger charge is -2.05. The third-order valence-corrected chi connectivity index (χ3v) is 5.19. The van der Waals surface area contributed by atoms with Crippen molar-refractivity contribution in [1.82, 2.24) is 15.5 Å². The van der Waals surface area contributed by atoms with Gasteiger partial charge in [0.2, 0.25) is 10.9 Å². The molecule has 0 saturated carbocycles. The summed E-state index contributed by atoms with van der Waals surface area (Å²) in [6, 6.07) is 13.0. The summed E-state index contributed by atoms with van der Waals surface area (Å²) < 4.78 is 18.0. The van der Waals surface area contributed by atoms with Gasteiger partial charge in [0.15, 0.2) is 0 Å². The van der Waals surface area contributed by atoms with Crippen LogP contribution in [0.5, 0.6) is 5.75 Å². The Hall–Kier alpha value is -3.33. The summed E-state index contributed by atoms with van der Waals surface area (Å²) >= 11 is 1.20. The second kappa shape index (κ2) is 10.4. The first kappa shape index (κ1) is 21.4. The van der Waals surface area contributed by atoms with Gasteiger partial charge in [-0.3, -0.25) is 9.59 Å². The highest BCUT2D eigenvalue weighted by Crippen LogP contribution is 2.18. The summed E-state index contributed by atoms with van der Waals surface area (Å²) in [7, 11) is 1.57. The normalized spacial score (nSPS) is 10.5. The zero-order valence-corrected chi connectivity index (χ0v) is 17.2. The quantitative estimate of drug-likeness (QED) is 0.543. The third-order valence-electron chi connectivity index (χ3n) is 4.21. The number of nitrogens with zero attached hydrogens (tertiary/aromatic N) is 2. The van der Waals surface area contributed by atoms with Crippen LogP contribution in [0.3, 0.4) is 0 Å². The number of rotatable bonds is 9. The Bertz CT molecular complexity index is 990. The molecular weight excluding hydrogens is 407 g/mol. The Morgan fingerprint density at radius 3 is 2.50 bits per heavy atom. The topological polar surface area (TPSA) is 93.2 Å². The van der Waals surface area contributed by atoms with Gasteiger partial charge in [0.1, 0.15) is 16.6 Å². The molecule has 0 spiro atoms. The van der Waals surface area contributed by atoms with E-state index in [0.29, 0.717) is 42.3 Å². The summed E-state index contributed by atoms with van der Waals surface area (Å²) in [4.78, 5) is 24.2. The number of benzene rings is 2. The first-order valence-electron chi connectivity index (χ1n) is 9.32. The highest BCUT2D eigenvalue weighted by Gasteiger charge is 2.13. The van der Waals surface area contributed by atoms with Crippen LogP contribution in [0.4, 0.5) is 10.1 Å². The maximum absolute atomic E-state index is 12.9. The molecule has 0 atom stereocenters. The summed E-state index contributed by atoms with van der Waals surface area (Å²) in [6.07, 6.45) is 1.47. The van der Waals surface area contributed by atoms with E-state index in [-0.39, 0.29) is 22.6 Å². The molecule has 2 N–H and O–H groups in total. The number of hydrogen-bond acceptors (Lipinski definition) is 6. The highest BCUT2D eigenvalue weighted by atomic mass is 32.1. The van der Waals surface area contributed by atoms with Crippen LogP contribution in [-0.4, -0.2) is 29.1 Å². The largest absolute Gasteiger partial charge is 0.497 e. The average molecular weight is 428 g/mol. The molecule has 156 valence electrons. The Kier molecular flexibility index (Phi) is 7.45. The van der Waals surface area contributed by atoms with Gasteiger partial charge in [-0.05, 0) is 48.4 Å². The van der Waals surface area contributed by atoms with Gasteiger partial charge in [-0.1, -0.05) is 23.5 Å². The SMILES string of the molecule is COc1ccc(NC(=O)c2nnc(CCCC(=O)NCc3ccc(F)cc3)s2)cc1. The van der Waals surface area contributed by atoms with Crippen molar-refractivity contribution in [1.29, 1.82) is 0 Å². The van der Waals surface area contributed by atoms with Gasteiger partial charge in [-0.25, -0.2) is 4.39 Å². The Morgan fingerprint density at radius 2 is 1.80 bits per heavy atom. The minimum Gasteiger partial charge on any atom is -0.497 e. The molecule has 3 aromatic rings. The molecule has 1 heterocycles. The Morgan fingerprint density at radius 1 is 1.07 bits per heavy atom. The van der Waals surface area contributed by atoms with Gasteiger partial charge in [-0.15, -0.1) is 10.2 Å². The predicted octanol–water partition coefficient (Wildman–Crippen LogP) is 3.58. The first-order valence-corrected chi connectivity index (χ1v) is 10.1. The molecule has 30 heavy (non-hydrogen) atoms. The monoisotopic (exact) mass is 428 g/mol. The number of carbonyl (C=O) groups is 2. The zero-order chi connectivity index (χ0) is 21.3. The summed E-state index contributed by atoms with van der Waals surface area (Å²) in [5.41, 5.74) is 1.47. The molecule has 7 nitrogen and oxygen atoms in total. The fraction of sp³-hybridized carbons (Fsp3) is 0.238. The fourth-order valence-electron chi connectivity index (χ4n) is 2.60. The van der Waals surface area contributed by atoms with Gasteiger partial charge >= 0.3 is 0 Å². The molecule has 0 bridgehead atoms. The van der Waals surface area contributed by atoms with E-state index in [2.05, 4.69) is 20.8 Å². The van der Waals surface area contributed by atoms with Gasteiger partial charge in [0, 0.05) is 25.1 Å². The number of aryl methyl sites for hydroxylation is 1. The van der Waals surface area contributed by atoms with E-state index in [9.17, 15) is 14.0 Å². The molecule has 0 radical (unpaired) electrons. The smallest absolute Gasteiger partial charge is 0.286 e. The van der Waals surface area contributed by atoms with E-state index in [0.717, 1.165) is 5.56 Å². The second-order valence-corrected chi connectivity index (χ2v) is 7.50. The number of ether oxygens (including phenoxy) is 1. The number of amides is 2. The number of hydrogen-bond donors (Lipinski definition) is 2. The van der Waals surface area contributed by atoms with Crippen molar-refractivity contribution >= 4 is 28.8 Å². The lowest BCUT2D eigenvalue weighted by Crippen LogP contribution is -2.22.